The fourth-order valence-electron chi connectivity index (χ4n) is 3.85. The number of likely N-dealkylation sites (tertiary alicyclic amines) is 2. The fourth-order valence-corrected chi connectivity index (χ4v) is 3.85. The Morgan fingerprint density at radius 3 is 2.74 bits per heavy atom. The molecule has 2 aliphatic heterocycles. The van der Waals surface area contributed by atoms with Gasteiger partial charge in [0.05, 0.1) is 5.56 Å². The van der Waals surface area contributed by atoms with E-state index in [4.69, 9.17) is 5.73 Å². The summed E-state index contributed by atoms with van der Waals surface area (Å²) in [5.74, 6) is -0.722. The summed E-state index contributed by atoms with van der Waals surface area (Å²) in [7, 11) is 0. The van der Waals surface area contributed by atoms with Crippen molar-refractivity contribution in [1.82, 2.24) is 9.80 Å². The maximum atomic E-state index is 13.0. The molecule has 1 aromatic rings. The summed E-state index contributed by atoms with van der Waals surface area (Å²) < 4.78 is 29.8. The van der Waals surface area contributed by atoms with Gasteiger partial charge in [-0.05, 0) is 43.4 Å². The number of carbonyl (C=O) groups is 2. The summed E-state index contributed by atoms with van der Waals surface area (Å²) in [6.45, 7) is 1.15. The molecule has 0 saturated carbocycles. The molecule has 0 aliphatic carbocycles. The van der Waals surface area contributed by atoms with Crippen LogP contribution in [-0.2, 0) is 4.79 Å². The number of rotatable bonds is 5. The fraction of sp³-hybridized carbons (Fsp3) is 0.579. The maximum absolute atomic E-state index is 13.0. The third-order valence-corrected chi connectivity index (χ3v) is 5.49. The normalized spacial score (nSPS) is 25.3. The van der Waals surface area contributed by atoms with Crippen LogP contribution in [0.2, 0.25) is 0 Å². The molecular formula is C19H25F2N3O3. The van der Waals surface area contributed by atoms with Crippen LogP contribution >= 0.6 is 0 Å². The van der Waals surface area contributed by atoms with Crippen molar-refractivity contribution in [3.8, 4) is 5.75 Å². The summed E-state index contributed by atoms with van der Waals surface area (Å²) in [6.07, 6.45) is 2.10. The number of hydrogen-bond donors (Lipinski definition) is 1. The van der Waals surface area contributed by atoms with Gasteiger partial charge >= 0.3 is 6.61 Å². The number of nitrogens with two attached hydrogens (primary N) is 1. The summed E-state index contributed by atoms with van der Waals surface area (Å²) in [5.41, 5.74) is 5.76. The number of nitrogens with zero attached hydrogens (tertiary/aromatic N) is 2. The smallest absolute Gasteiger partial charge is 0.387 e. The largest absolute Gasteiger partial charge is 0.434 e. The van der Waals surface area contributed by atoms with Crippen molar-refractivity contribution < 1.29 is 23.1 Å². The van der Waals surface area contributed by atoms with Crippen molar-refractivity contribution >= 4 is 11.8 Å². The van der Waals surface area contributed by atoms with Gasteiger partial charge in [-0.2, -0.15) is 8.78 Å². The van der Waals surface area contributed by atoms with Crippen LogP contribution in [0, 0.1) is 5.41 Å². The Balaban J connectivity index is 1.77. The summed E-state index contributed by atoms with van der Waals surface area (Å²) in [4.78, 5) is 29.2. The molecule has 27 heavy (non-hydrogen) atoms. The van der Waals surface area contributed by atoms with Gasteiger partial charge in [-0.15, -0.1) is 0 Å². The van der Waals surface area contributed by atoms with Gasteiger partial charge in [0.1, 0.15) is 11.8 Å². The average molecular weight is 381 g/mol. The molecule has 8 heteroatoms. The lowest BCUT2D eigenvalue weighted by atomic mass is 9.90. The van der Waals surface area contributed by atoms with Gasteiger partial charge in [-0.25, -0.2) is 0 Å². The predicted molar refractivity (Wildman–Crippen MR) is 95.5 cm³/mol. The van der Waals surface area contributed by atoms with Gasteiger partial charge in [0, 0.05) is 19.6 Å². The lowest BCUT2D eigenvalue weighted by Crippen LogP contribution is -2.48. The number of para-hydroxylation sites is 1. The van der Waals surface area contributed by atoms with Crippen LogP contribution in [0.4, 0.5) is 8.78 Å². The van der Waals surface area contributed by atoms with E-state index in [1.807, 2.05) is 0 Å². The third kappa shape index (κ3) is 4.05. The third-order valence-electron chi connectivity index (χ3n) is 5.49. The Morgan fingerprint density at radius 1 is 1.33 bits per heavy atom. The highest BCUT2D eigenvalue weighted by Gasteiger charge is 2.42. The van der Waals surface area contributed by atoms with Crippen molar-refractivity contribution in [2.75, 3.05) is 26.2 Å². The molecule has 2 unspecified atom stereocenters. The van der Waals surface area contributed by atoms with Crippen molar-refractivity contribution in [3.63, 3.8) is 0 Å². The monoisotopic (exact) mass is 381 g/mol. The van der Waals surface area contributed by atoms with Crippen LogP contribution in [0.15, 0.2) is 24.3 Å². The van der Waals surface area contributed by atoms with E-state index in [1.165, 1.54) is 23.1 Å². The molecule has 2 N–H and O–H groups in total. The van der Waals surface area contributed by atoms with E-state index in [9.17, 15) is 18.4 Å². The zero-order valence-electron chi connectivity index (χ0n) is 15.4. The molecule has 148 valence electrons. The van der Waals surface area contributed by atoms with Gasteiger partial charge in [-0.1, -0.05) is 19.1 Å². The van der Waals surface area contributed by atoms with Crippen LogP contribution in [0.3, 0.4) is 0 Å². The van der Waals surface area contributed by atoms with Crippen LogP contribution < -0.4 is 10.5 Å². The Kier molecular flexibility index (Phi) is 5.64. The van der Waals surface area contributed by atoms with Crippen LogP contribution in [0.5, 0.6) is 5.75 Å². The van der Waals surface area contributed by atoms with Crippen molar-refractivity contribution in [2.24, 2.45) is 11.1 Å². The molecule has 2 fully saturated rings. The first-order valence-corrected chi connectivity index (χ1v) is 9.18. The number of alkyl halides is 2. The highest BCUT2D eigenvalue weighted by molar-refractivity contribution is 6.00. The molecule has 2 saturated heterocycles. The second-order valence-corrected chi connectivity index (χ2v) is 7.56. The zero-order valence-corrected chi connectivity index (χ0v) is 15.4. The lowest BCUT2D eigenvalue weighted by molar-refractivity contribution is -0.134. The topological polar surface area (TPSA) is 75.9 Å². The maximum Gasteiger partial charge on any atom is 0.387 e. The SMILES string of the molecule is CC1(CN)CCN(C(=O)C2CCCN2C(=O)c2ccccc2OC(F)F)C1. The van der Waals surface area contributed by atoms with Crippen LogP contribution in [0.1, 0.15) is 36.5 Å². The Morgan fingerprint density at radius 2 is 2.07 bits per heavy atom. The quantitative estimate of drug-likeness (QED) is 0.847. The average Bonchev–Trinajstić information content (AvgIpc) is 3.28. The van der Waals surface area contributed by atoms with Crippen LogP contribution in [0.25, 0.3) is 0 Å². The second-order valence-electron chi connectivity index (χ2n) is 7.56. The van der Waals surface area contributed by atoms with E-state index < -0.39 is 18.6 Å². The molecule has 2 heterocycles. The van der Waals surface area contributed by atoms with Crippen LogP contribution in [-0.4, -0.2) is 60.4 Å². The molecule has 0 radical (unpaired) electrons. The van der Waals surface area contributed by atoms with E-state index in [0.717, 1.165) is 6.42 Å². The zero-order chi connectivity index (χ0) is 19.6. The first-order valence-electron chi connectivity index (χ1n) is 9.18. The number of halogens is 2. The molecule has 2 aliphatic rings. The van der Waals surface area contributed by atoms with Gasteiger partial charge in [0.15, 0.2) is 0 Å². The van der Waals surface area contributed by atoms with E-state index in [2.05, 4.69) is 11.7 Å². The molecule has 6 nitrogen and oxygen atoms in total. The number of amides is 2. The minimum Gasteiger partial charge on any atom is -0.434 e. The molecule has 2 amide bonds. The molecular weight excluding hydrogens is 356 g/mol. The number of carbonyl (C=O) groups excluding carboxylic acids is 2. The molecule has 2 atom stereocenters. The van der Waals surface area contributed by atoms with Gasteiger partial charge in [0.25, 0.3) is 5.91 Å². The number of ether oxygens (including phenoxy) is 1. The highest BCUT2D eigenvalue weighted by atomic mass is 19.3. The minimum atomic E-state index is -3.02. The summed E-state index contributed by atoms with van der Waals surface area (Å²) in [6, 6.07) is 5.32. The van der Waals surface area contributed by atoms with E-state index in [-0.39, 0.29) is 22.6 Å². The molecule has 1 aromatic carbocycles. The van der Waals surface area contributed by atoms with Gasteiger partial charge < -0.3 is 20.3 Å². The van der Waals surface area contributed by atoms with Gasteiger partial charge in [0.2, 0.25) is 5.91 Å². The standard InChI is InChI=1S/C19H25F2N3O3/c1-19(11-22)8-10-23(12-19)17(26)14-6-4-9-24(14)16(25)13-5-2-3-7-15(13)27-18(20)21/h2-3,5,7,14,18H,4,6,8-12,22H2,1H3. The molecule has 0 aromatic heterocycles. The summed E-state index contributed by atoms with van der Waals surface area (Å²) >= 11 is 0. The lowest BCUT2D eigenvalue weighted by Gasteiger charge is -2.29. The van der Waals surface area contributed by atoms with E-state index in [1.54, 1.807) is 11.0 Å². The van der Waals surface area contributed by atoms with E-state index in [0.29, 0.717) is 39.0 Å². The molecule has 0 bridgehead atoms. The van der Waals surface area contributed by atoms with Crippen molar-refractivity contribution in [1.29, 1.82) is 0 Å². The Hall–Kier alpha value is -2.22. The first kappa shape index (κ1) is 19.5. The first-order chi connectivity index (χ1) is 12.8. The van der Waals surface area contributed by atoms with E-state index >= 15 is 0 Å². The molecule has 3 rings (SSSR count). The van der Waals surface area contributed by atoms with Crippen molar-refractivity contribution in [2.45, 2.75) is 38.8 Å². The Bertz CT molecular complexity index is 715. The highest BCUT2D eigenvalue weighted by Crippen LogP contribution is 2.32. The second kappa shape index (κ2) is 7.80. The number of benzene rings is 1. The molecule has 0 spiro atoms. The van der Waals surface area contributed by atoms with Gasteiger partial charge in [-0.3, -0.25) is 9.59 Å². The summed E-state index contributed by atoms with van der Waals surface area (Å²) in [5, 5.41) is 0. The predicted octanol–water partition coefficient (Wildman–Crippen LogP) is 2.09. The number of hydrogen-bond acceptors (Lipinski definition) is 4. The Labute approximate surface area is 157 Å². The minimum absolute atomic E-state index is 0.0470. The van der Waals surface area contributed by atoms with Crippen molar-refractivity contribution in [3.05, 3.63) is 29.8 Å².